The molecule has 0 radical (unpaired) electrons. The number of hydrogen-bond donors (Lipinski definition) is 1. The normalized spacial score (nSPS) is 16.2. The van der Waals surface area contributed by atoms with Crippen molar-refractivity contribution in [1.82, 2.24) is 9.97 Å². The summed E-state index contributed by atoms with van der Waals surface area (Å²) in [5, 5.41) is 12.2. The summed E-state index contributed by atoms with van der Waals surface area (Å²) in [7, 11) is 0. The van der Waals surface area contributed by atoms with Gasteiger partial charge in [0.25, 0.3) is 5.91 Å². The molecule has 172 valence electrons. The largest absolute Gasteiger partial charge is 0.503 e. The number of fused-ring (bicyclic) bond motifs is 1. The molecule has 0 fully saturated rings. The molecule has 8 heteroatoms. The van der Waals surface area contributed by atoms with Crippen LogP contribution in [-0.2, 0) is 11.2 Å². The first-order valence-corrected chi connectivity index (χ1v) is 12.6. The highest BCUT2D eigenvalue weighted by atomic mass is 32.1. The van der Waals surface area contributed by atoms with Crippen LogP contribution in [0.5, 0.6) is 0 Å². The monoisotopic (exact) mass is 489 g/mol. The molecule has 0 saturated carbocycles. The lowest BCUT2D eigenvalue weighted by molar-refractivity contribution is -0.117. The average Bonchev–Trinajstić information content (AvgIpc) is 3.46. The summed E-state index contributed by atoms with van der Waals surface area (Å²) in [6.07, 6.45) is 0.895. The van der Waals surface area contributed by atoms with Crippen molar-refractivity contribution < 1.29 is 14.7 Å². The summed E-state index contributed by atoms with van der Waals surface area (Å²) in [6.45, 7) is 7.64. The number of hydrogen-bond acceptors (Lipinski definition) is 7. The second kappa shape index (κ2) is 8.45. The molecule has 2 aromatic carbocycles. The van der Waals surface area contributed by atoms with Gasteiger partial charge in [-0.15, -0.1) is 11.3 Å². The number of Topliss-reactive ketones (excluding diaryl/α,β-unsaturated/α-hetero) is 1. The Morgan fingerprint density at radius 1 is 1.09 bits per heavy atom. The highest BCUT2D eigenvalue weighted by Gasteiger charge is 2.46. The number of aromatic nitrogens is 2. The highest BCUT2D eigenvalue weighted by Crippen LogP contribution is 2.45. The Balaban J connectivity index is 1.69. The van der Waals surface area contributed by atoms with E-state index in [2.05, 4.69) is 18.0 Å². The number of thiazole rings is 2. The zero-order valence-electron chi connectivity index (χ0n) is 19.2. The van der Waals surface area contributed by atoms with Crippen LogP contribution >= 0.6 is 22.7 Å². The number of aliphatic hydroxyl groups is 1. The molecule has 1 N–H and O–H groups in total. The van der Waals surface area contributed by atoms with Crippen LogP contribution in [-0.4, -0.2) is 26.8 Å². The van der Waals surface area contributed by atoms with Crippen LogP contribution < -0.4 is 4.90 Å². The maximum absolute atomic E-state index is 13.7. The van der Waals surface area contributed by atoms with Crippen LogP contribution in [0.25, 0.3) is 10.2 Å². The van der Waals surface area contributed by atoms with Gasteiger partial charge < -0.3 is 5.11 Å². The lowest BCUT2D eigenvalue weighted by atomic mass is 9.94. The van der Waals surface area contributed by atoms with E-state index in [4.69, 9.17) is 4.98 Å². The van der Waals surface area contributed by atoms with E-state index in [9.17, 15) is 14.7 Å². The van der Waals surface area contributed by atoms with E-state index in [1.807, 2.05) is 50.2 Å². The summed E-state index contributed by atoms with van der Waals surface area (Å²) in [5.41, 5.74) is 4.35. The van der Waals surface area contributed by atoms with E-state index < -0.39 is 17.7 Å². The second-order valence-corrected chi connectivity index (χ2v) is 10.6. The van der Waals surface area contributed by atoms with Crippen molar-refractivity contribution in [2.75, 3.05) is 4.90 Å². The molecule has 6 nitrogen and oxygen atoms in total. The van der Waals surface area contributed by atoms with Gasteiger partial charge in [0.15, 0.2) is 10.9 Å². The van der Waals surface area contributed by atoms with Gasteiger partial charge in [-0.05, 0) is 50.5 Å². The van der Waals surface area contributed by atoms with Crippen molar-refractivity contribution in [2.45, 2.75) is 40.2 Å². The molecule has 1 unspecified atom stereocenters. The Labute approximate surface area is 205 Å². The maximum Gasteiger partial charge on any atom is 0.296 e. The van der Waals surface area contributed by atoms with Crippen molar-refractivity contribution in [3.8, 4) is 0 Å². The first-order valence-electron chi connectivity index (χ1n) is 11.0. The lowest BCUT2D eigenvalue weighted by Gasteiger charge is -2.24. The third-order valence-electron chi connectivity index (χ3n) is 5.98. The standard InChI is InChI=1S/C26H23N3O3S2/c1-5-16-9-10-18-19(12-16)34-26(28-18)29-21(17-8-6-7-13(2)11-17)20(23(31)25(29)32)22(30)24-14(3)27-15(4)33-24/h6-12,21,31H,5H2,1-4H3. The molecule has 1 atom stereocenters. The molecule has 1 aliphatic heterocycles. The van der Waals surface area contributed by atoms with E-state index in [1.165, 1.54) is 33.1 Å². The van der Waals surface area contributed by atoms with Crippen molar-refractivity contribution in [2.24, 2.45) is 0 Å². The summed E-state index contributed by atoms with van der Waals surface area (Å²) < 4.78 is 0.957. The van der Waals surface area contributed by atoms with Gasteiger partial charge in [-0.3, -0.25) is 14.5 Å². The number of aryl methyl sites for hydroxylation is 4. The number of anilines is 1. The van der Waals surface area contributed by atoms with Crippen molar-refractivity contribution in [3.63, 3.8) is 0 Å². The molecule has 5 rings (SSSR count). The Kier molecular flexibility index (Phi) is 5.58. The van der Waals surface area contributed by atoms with E-state index in [0.29, 0.717) is 15.7 Å². The first kappa shape index (κ1) is 22.4. The van der Waals surface area contributed by atoms with Crippen molar-refractivity contribution in [3.05, 3.63) is 86.1 Å². The van der Waals surface area contributed by atoms with Gasteiger partial charge in [-0.1, -0.05) is 54.2 Å². The maximum atomic E-state index is 13.7. The smallest absolute Gasteiger partial charge is 0.296 e. The molecular weight excluding hydrogens is 466 g/mol. The molecule has 0 bridgehead atoms. The van der Waals surface area contributed by atoms with Crippen LogP contribution in [0.2, 0.25) is 0 Å². The van der Waals surface area contributed by atoms with Crippen LogP contribution in [0.15, 0.2) is 53.8 Å². The first-order chi connectivity index (χ1) is 16.3. The lowest BCUT2D eigenvalue weighted by Crippen LogP contribution is -2.31. The Morgan fingerprint density at radius 3 is 2.56 bits per heavy atom. The fourth-order valence-electron chi connectivity index (χ4n) is 4.33. The van der Waals surface area contributed by atoms with Gasteiger partial charge in [0.2, 0.25) is 5.78 Å². The third kappa shape index (κ3) is 3.63. The predicted molar refractivity (Wildman–Crippen MR) is 136 cm³/mol. The fraction of sp³-hybridized carbons (Fsp3) is 0.231. The van der Waals surface area contributed by atoms with Crippen molar-refractivity contribution in [1.29, 1.82) is 0 Å². The number of amides is 1. The van der Waals surface area contributed by atoms with Gasteiger partial charge in [0, 0.05) is 0 Å². The third-order valence-corrected chi connectivity index (χ3v) is 8.07. The Bertz CT molecular complexity index is 1500. The molecular formula is C26H23N3O3S2. The van der Waals surface area contributed by atoms with Crippen LogP contribution in [0.4, 0.5) is 5.13 Å². The molecule has 3 heterocycles. The summed E-state index contributed by atoms with van der Waals surface area (Å²) in [4.78, 5) is 38.1. The zero-order valence-corrected chi connectivity index (χ0v) is 20.9. The quantitative estimate of drug-likeness (QED) is 0.346. The van der Waals surface area contributed by atoms with Gasteiger partial charge in [0.1, 0.15) is 0 Å². The minimum atomic E-state index is -0.784. The molecule has 2 aromatic heterocycles. The van der Waals surface area contributed by atoms with Crippen LogP contribution in [0.1, 0.15) is 50.0 Å². The molecule has 1 amide bonds. The number of carbonyl (C=O) groups excluding carboxylic acids is 2. The van der Waals surface area contributed by atoms with E-state index in [-0.39, 0.29) is 11.4 Å². The number of ketones is 1. The number of carbonyl (C=O) groups is 2. The summed E-state index contributed by atoms with van der Waals surface area (Å²) >= 11 is 2.65. The molecule has 0 saturated heterocycles. The van der Waals surface area contributed by atoms with Crippen LogP contribution in [0.3, 0.4) is 0 Å². The van der Waals surface area contributed by atoms with E-state index in [1.54, 1.807) is 6.92 Å². The average molecular weight is 490 g/mol. The minimum Gasteiger partial charge on any atom is -0.503 e. The van der Waals surface area contributed by atoms with E-state index in [0.717, 1.165) is 32.8 Å². The van der Waals surface area contributed by atoms with Gasteiger partial charge in [-0.25, -0.2) is 9.97 Å². The topological polar surface area (TPSA) is 83.4 Å². The Hall–Kier alpha value is -3.36. The number of rotatable bonds is 5. The number of benzene rings is 2. The molecule has 1 aliphatic rings. The van der Waals surface area contributed by atoms with Gasteiger partial charge in [0.05, 0.1) is 37.4 Å². The highest BCUT2D eigenvalue weighted by molar-refractivity contribution is 7.22. The van der Waals surface area contributed by atoms with Crippen LogP contribution in [0, 0.1) is 20.8 Å². The SMILES string of the molecule is CCc1ccc2nc(N3C(=O)C(O)=C(C(=O)c4sc(C)nc4C)C3c3cccc(C)c3)sc2c1. The predicted octanol–water partition coefficient (Wildman–Crippen LogP) is 6.02. The number of nitrogens with zero attached hydrogens (tertiary/aromatic N) is 3. The Morgan fingerprint density at radius 2 is 1.88 bits per heavy atom. The number of aliphatic hydroxyl groups excluding tert-OH is 1. The van der Waals surface area contributed by atoms with Gasteiger partial charge >= 0.3 is 0 Å². The van der Waals surface area contributed by atoms with Gasteiger partial charge in [-0.2, -0.15) is 0 Å². The molecule has 0 spiro atoms. The molecule has 0 aliphatic carbocycles. The molecule has 34 heavy (non-hydrogen) atoms. The zero-order chi connectivity index (χ0) is 24.1. The summed E-state index contributed by atoms with van der Waals surface area (Å²) in [6, 6.07) is 12.9. The van der Waals surface area contributed by atoms with Crippen molar-refractivity contribution >= 4 is 49.7 Å². The van der Waals surface area contributed by atoms with E-state index >= 15 is 0 Å². The summed E-state index contributed by atoms with van der Waals surface area (Å²) in [5.74, 6) is -1.53. The minimum absolute atomic E-state index is 0.0656. The fourth-order valence-corrected chi connectivity index (χ4v) is 6.26. The molecule has 4 aromatic rings. The second-order valence-electron chi connectivity index (χ2n) is 8.38.